The second kappa shape index (κ2) is 7.54. The minimum atomic E-state index is -0.272. The molecular weight excluding hydrogens is 335 g/mol. The molecule has 0 saturated heterocycles. The van der Waals surface area contributed by atoms with E-state index in [1.807, 2.05) is 37.3 Å². The van der Waals surface area contributed by atoms with Crippen LogP contribution in [0.1, 0.15) is 24.1 Å². The van der Waals surface area contributed by atoms with Crippen LogP contribution in [-0.4, -0.2) is 6.61 Å². The lowest BCUT2D eigenvalue weighted by molar-refractivity contribution is 0.339. The predicted octanol–water partition coefficient (Wildman–Crippen LogP) is 3.73. The van der Waals surface area contributed by atoms with Crippen molar-refractivity contribution < 1.29 is 9.13 Å². The summed E-state index contributed by atoms with van der Waals surface area (Å²) in [6.07, 6.45) is 0.574. The van der Waals surface area contributed by atoms with Crippen molar-refractivity contribution in [2.24, 2.45) is 5.84 Å². The Hall–Kier alpha value is -1.43. The highest BCUT2D eigenvalue weighted by atomic mass is 79.9. The maximum absolute atomic E-state index is 13.6. The van der Waals surface area contributed by atoms with Gasteiger partial charge < -0.3 is 4.74 Å². The largest absolute Gasteiger partial charge is 0.494 e. The van der Waals surface area contributed by atoms with Gasteiger partial charge in [0.1, 0.15) is 11.6 Å². The van der Waals surface area contributed by atoms with Crippen molar-refractivity contribution in [3.05, 3.63) is 63.9 Å². The standard InChI is InChI=1S/C16H18BrFN2O/c1-2-21-13-7-3-5-11(9-13)15(20-19)10-12-6-4-8-14(18)16(12)17/h3-9,15,20H,2,10,19H2,1H3. The Kier molecular flexibility index (Phi) is 5.73. The maximum Gasteiger partial charge on any atom is 0.137 e. The second-order valence-corrected chi connectivity index (χ2v) is 5.43. The van der Waals surface area contributed by atoms with Crippen molar-refractivity contribution in [1.29, 1.82) is 0 Å². The number of hydrogen-bond donors (Lipinski definition) is 2. The molecule has 21 heavy (non-hydrogen) atoms. The first-order valence-corrected chi connectivity index (χ1v) is 7.56. The van der Waals surface area contributed by atoms with Gasteiger partial charge in [-0.25, -0.2) is 4.39 Å². The molecule has 112 valence electrons. The fraction of sp³-hybridized carbons (Fsp3) is 0.250. The van der Waals surface area contributed by atoms with Gasteiger partial charge in [-0.3, -0.25) is 11.3 Å². The van der Waals surface area contributed by atoms with Gasteiger partial charge in [-0.2, -0.15) is 0 Å². The number of hydrazine groups is 1. The molecule has 0 aliphatic carbocycles. The molecule has 0 bridgehead atoms. The zero-order valence-electron chi connectivity index (χ0n) is 11.8. The fourth-order valence-corrected chi connectivity index (χ4v) is 2.61. The van der Waals surface area contributed by atoms with Gasteiger partial charge in [0.05, 0.1) is 17.1 Å². The van der Waals surface area contributed by atoms with Crippen LogP contribution in [0.3, 0.4) is 0 Å². The summed E-state index contributed by atoms with van der Waals surface area (Å²) in [6.45, 7) is 2.55. The van der Waals surface area contributed by atoms with Crippen LogP contribution in [0.2, 0.25) is 0 Å². The molecule has 0 spiro atoms. The summed E-state index contributed by atoms with van der Waals surface area (Å²) in [5.41, 5.74) is 4.64. The predicted molar refractivity (Wildman–Crippen MR) is 85.5 cm³/mol. The van der Waals surface area contributed by atoms with E-state index in [2.05, 4.69) is 21.4 Å². The van der Waals surface area contributed by atoms with E-state index >= 15 is 0 Å². The van der Waals surface area contributed by atoms with E-state index in [4.69, 9.17) is 10.6 Å². The molecule has 0 fully saturated rings. The Morgan fingerprint density at radius 1 is 1.29 bits per heavy atom. The second-order valence-electron chi connectivity index (χ2n) is 4.64. The summed E-state index contributed by atoms with van der Waals surface area (Å²) in [5, 5.41) is 0. The van der Waals surface area contributed by atoms with E-state index in [1.54, 1.807) is 6.07 Å². The molecule has 2 aromatic carbocycles. The third-order valence-electron chi connectivity index (χ3n) is 3.23. The average Bonchev–Trinajstić information content (AvgIpc) is 2.49. The molecule has 0 aliphatic heterocycles. The normalized spacial score (nSPS) is 12.2. The number of nitrogens with one attached hydrogen (secondary N) is 1. The zero-order chi connectivity index (χ0) is 15.2. The van der Waals surface area contributed by atoms with E-state index in [0.29, 0.717) is 17.5 Å². The lowest BCUT2D eigenvalue weighted by Crippen LogP contribution is -2.29. The SMILES string of the molecule is CCOc1cccc(C(Cc2cccc(F)c2Br)NN)c1. The molecule has 2 rings (SSSR count). The van der Waals surface area contributed by atoms with Crippen LogP contribution in [0.5, 0.6) is 5.75 Å². The minimum absolute atomic E-state index is 0.122. The summed E-state index contributed by atoms with van der Waals surface area (Å²) in [7, 11) is 0. The summed E-state index contributed by atoms with van der Waals surface area (Å²) >= 11 is 3.28. The van der Waals surface area contributed by atoms with Crippen LogP contribution in [0.15, 0.2) is 46.9 Å². The summed E-state index contributed by atoms with van der Waals surface area (Å²) in [5.74, 6) is 6.19. The average molecular weight is 353 g/mol. The highest BCUT2D eigenvalue weighted by molar-refractivity contribution is 9.10. The van der Waals surface area contributed by atoms with Crippen molar-refractivity contribution >= 4 is 15.9 Å². The van der Waals surface area contributed by atoms with Crippen molar-refractivity contribution in [2.75, 3.05) is 6.61 Å². The van der Waals surface area contributed by atoms with E-state index in [9.17, 15) is 4.39 Å². The monoisotopic (exact) mass is 352 g/mol. The van der Waals surface area contributed by atoms with Gasteiger partial charge in [-0.15, -0.1) is 0 Å². The van der Waals surface area contributed by atoms with E-state index in [1.165, 1.54) is 6.07 Å². The van der Waals surface area contributed by atoms with Gasteiger partial charge in [0.25, 0.3) is 0 Å². The molecular formula is C16H18BrFN2O. The van der Waals surface area contributed by atoms with E-state index in [0.717, 1.165) is 16.9 Å². The number of ether oxygens (including phenoxy) is 1. The van der Waals surface area contributed by atoms with Gasteiger partial charge in [0, 0.05) is 0 Å². The molecule has 3 nitrogen and oxygen atoms in total. The number of rotatable bonds is 6. The third kappa shape index (κ3) is 4.03. The summed E-state index contributed by atoms with van der Waals surface area (Å²) in [6, 6.07) is 12.6. The van der Waals surface area contributed by atoms with Gasteiger partial charge >= 0.3 is 0 Å². The Morgan fingerprint density at radius 3 is 2.76 bits per heavy atom. The van der Waals surface area contributed by atoms with Crippen molar-refractivity contribution in [3.63, 3.8) is 0 Å². The third-order valence-corrected chi connectivity index (χ3v) is 4.12. The van der Waals surface area contributed by atoms with Crippen LogP contribution >= 0.6 is 15.9 Å². The van der Waals surface area contributed by atoms with Crippen molar-refractivity contribution in [1.82, 2.24) is 5.43 Å². The number of benzene rings is 2. The topological polar surface area (TPSA) is 47.3 Å². The van der Waals surface area contributed by atoms with Gasteiger partial charge in [0.15, 0.2) is 0 Å². The van der Waals surface area contributed by atoms with Gasteiger partial charge in [0.2, 0.25) is 0 Å². The summed E-state index contributed by atoms with van der Waals surface area (Å²) < 4.78 is 19.6. The molecule has 0 saturated carbocycles. The molecule has 0 aliphatic rings. The molecule has 0 amide bonds. The molecule has 1 atom stereocenters. The van der Waals surface area contributed by atoms with Crippen LogP contribution in [0.25, 0.3) is 0 Å². The van der Waals surface area contributed by atoms with E-state index < -0.39 is 0 Å². The molecule has 0 radical (unpaired) electrons. The minimum Gasteiger partial charge on any atom is -0.494 e. The Morgan fingerprint density at radius 2 is 2.05 bits per heavy atom. The number of hydrogen-bond acceptors (Lipinski definition) is 3. The smallest absolute Gasteiger partial charge is 0.137 e. The maximum atomic E-state index is 13.6. The molecule has 0 heterocycles. The van der Waals surface area contributed by atoms with E-state index in [-0.39, 0.29) is 11.9 Å². The van der Waals surface area contributed by atoms with Gasteiger partial charge in [-0.05, 0) is 58.6 Å². The first-order valence-electron chi connectivity index (χ1n) is 6.77. The van der Waals surface area contributed by atoms with Crippen LogP contribution in [-0.2, 0) is 6.42 Å². The Labute approximate surface area is 132 Å². The number of nitrogens with two attached hydrogens (primary N) is 1. The molecule has 5 heteroatoms. The molecule has 2 aromatic rings. The molecule has 3 N–H and O–H groups in total. The van der Waals surface area contributed by atoms with Crippen LogP contribution in [0, 0.1) is 5.82 Å². The Balaban J connectivity index is 2.23. The first kappa shape index (κ1) is 15.9. The van der Waals surface area contributed by atoms with Crippen molar-refractivity contribution in [2.45, 2.75) is 19.4 Å². The molecule has 1 unspecified atom stereocenters. The van der Waals surface area contributed by atoms with Crippen LogP contribution < -0.4 is 16.0 Å². The lowest BCUT2D eigenvalue weighted by Gasteiger charge is -2.18. The quantitative estimate of drug-likeness (QED) is 0.615. The molecule has 0 aromatic heterocycles. The van der Waals surface area contributed by atoms with Gasteiger partial charge in [-0.1, -0.05) is 24.3 Å². The summed E-state index contributed by atoms with van der Waals surface area (Å²) in [4.78, 5) is 0. The van der Waals surface area contributed by atoms with Crippen LogP contribution in [0.4, 0.5) is 4.39 Å². The Bertz CT molecular complexity index is 607. The lowest BCUT2D eigenvalue weighted by atomic mass is 9.99. The fourth-order valence-electron chi connectivity index (χ4n) is 2.19. The highest BCUT2D eigenvalue weighted by Gasteiger charge is 2.14. The number of halogens is 2. The highest BCUT2D eigenvalue weighted by Crippen LogP contribution is 2.27. The first-order chi connectivity index (χ1) is 10.2. The van der Waals surface area contributed by atoms with Crippen molar-refractivity contribution in [3.8, 4) is 5.75 Å². The zero-order valence-corrected chi connectivity index (χ0v) is 13.4.